The topological polar surface area (TPSA) is 15.3 Å². The van der Waals surface area contributed by atoms with Crippen LogP contribution >= 0.6 is 0 Å². The van der Waals surface area contributed by atoms with E-state index in [0.29, 0.717) is 0 Å². The fraction of sp³-hybridized carbons (Fsp3) is 0.333. The van der Waals surface area contributed by atoms with Gasteiger partial charge in [-0.1, -0.05) is 36.4 Å². The van der Waals surface area contributed by atoms with Crippen LogP contribution in [0.3, 0.4) is 0 Å². The highest BCUT2D eigenvalue weighted by Crippen LogP contribution is 2.35. The Bertz CT molecular complexity index is 530. The molecule has 0 aromatic heterocycles. The number of aryl methyl sites for hydroxylation is 2. The Hall–Kier alpha value is -1.80. The molecule has 1 aliphatic heterocycles. The van der Waals surface area contributed by atoms with Crippen molar-refractivity contribution in [3.63, 3.8) is 0 Å². The third-order valence-electron chi connectivity index (χ3n) is 4.04. The molecule has 2 heteroatoms. The van der Waals surface area contributed by atoms with Crippen molar-refractivity contribution in [1.82, 2.24) is 5.32 Å². The van der Waals surface area contributed by atoms with E-state index in [1.807, 2.05) is 7.05 Å². The number of nitrogens with one attached hydrogen (secondary N) is 1. The van der Waals surface area contributed by atoms with E-state index in [2.05, 4.69) is 58.7 Å². The van der Waals surface area contributed by atoms with Crippen molar-refractivity contribution in [3.8, 4) is 0 Å². The van der Waals surface area contributed by atoms with Crippen LogP contribution in [0.15, 0.2) is 48.5 Å². The molecule has 0 fully saturated rings. The summed E-state index contributed by atoms with van der Waals surface area (Å²) in [6, 6.07) is 17.7. The second-order valence-corrected chi connectivity index (χ2v) is 5.37. The van der Waals surface area contributed by atoms with E-state index in [4.69, 9.17) is 0 Å². The van der Waals surface area contributed by atoms with Gasteiger partial charge >= 0.3 is 0 Å². The zero-order valence-corrected chi connectivity index (χ0v) is 12.1. The molecule has 0 saturated carbocycles. The molecular weight excluding hydrogens is 243 g/mol. The molecule has 3 rings (SSSR count). The first-order valence-corrected chi connectivity index (χ1v) is 7.48. The lowest BCUT2D eigenvalue weighted by atomic mass is 10.0. The van der Waals surface area contributed by atoms with Crippen LogP contribution in [0.25, 0.3) is 0 Å². The third kappa shape index (κ3) is 2.56. The number of hydrogen-bond acceptors (Lipinski definition) is 2. The van der Waals surface area contributed by atoms with Gasteiger partial charge in [0.2, 0.25) is 0 Å². The van der Waals surface area contributed by atoms with Crippen molar-refractivity contribution < 1.29 is 0 Å². The van der Waals surface area contributed by atoms with E-state index in [1.54, 1.807) is 0 Å². The summed E-state index contributed by atoms with van der Waals surface area (Å²) in [4.78, 5) is 2.50. The molecule has 1 aliphatic rings. The molecule has 0 unspecified atom stereocenters. The van der Waals surface area contributed by atoms with E-state index >= 15 is 0 Å². The fourth-order valence-corrected chi connectivity index (χ4v) is 3.03. The Morgan fingerprint density at radius 3 is 2.00 bits per heavy atom. The van der Waals surface area contributed by atoms with Crippen LogP contribution in [0.5, 0.6) is 0 Å². The maximum atomic E-state index is 3.24. The fourth-order valence-electron chi connectivity index (χ4n) is 3.03. The monoisotopic (exact) mass is 265 g/mol. The Kier molecular flexibility index (Phi) is 4.03. The molecule has 0 bridgehead atoms. The van der Waals surface area contributed by atoms with Gasteiger partial charge in [-0.05, 0) is 56.1 Å². The van der Waals surface area contributed by atoms with Gasteiger partial charge in [-0.3, -0.25) is 0 Å². The first kappa shape index (κ1) is 13.2. The Labute approximate surface area is 121 Å². The summed E-state index contributed by atoms with van der Waals surface area (Å²) < 4.78 is 0. The van der Waals surface area contributed by atoms with Crippen molar-refractivity contribution in [2.75, 3.05) is 25.0 Å². The first-order valence-electron chi connectivity index (χ1n) is 7.48. The standard InChI is InChI=1S/C18H22N2/c1-19-13-6-14-20-17-9-4-2-7-15(17)11-12-16-8-3-5-10-18(16)20/h2-5,7-10,19H,6,11-14H2,1H3/i1-1. The predicted octanol–water partition coefficient (Wildman–Crippen LogP) is 3.53. The average Bonchev–Trinajstić information content (AvgIpc) is 2.66. The summed E-state index contributed by atoms with van der Waals surface area (Å²) in [5.74, 6) is 0. The maximum absolute atomic E-state index is 3.24. The normalized spacial score (nSPS) is 13.6. The minimum atomic E-state index is 1.06. The number of para-hydroxylation sites is 2. The van der Waals surface area contributed by atoms with Crippen LogP contribution in [0, 0.1) is 0 Å². The third-order valence-corrected chi connectivity index (χ3v) is 4.04. The molecular formula is C18H22N2. The summed E-state index contributed by atoms with van der Waals surface area (Å²) >= 11 is 0. The summed E-state index contributed by atoms with van der Waals surface area (Å²) in [5.41, 5.74) is 5.70. The van der Waals surface area contributed by atoms with Crippen molar-refractivity contribution in [2.45, 2.75) is 19.3 Å². The highest BCUT2D eigenvalue weighted by molar-refractivity contribution is 5.71. The number of anilines is 2. The van der Waals surface area contributed by atoms with Crippen molar-refractivity contribution in [2.24, 2.45) is 0 Å². The quantitative estimate of drug-likeness (QED) is 0.851. The number of benzene rings is 2. The second kappa shape index (κ2) is 6.10. The molecule has 104 valence electrons. The predicted molar refractivity (Wildman–Crippen MR) is 85.8 cm³/mol. The molecule has 1 N–H and O–H groups in total. The van der Waals surface area contributed by atoms with Crippen molar-refractivity contribution >= 4 is 11.4 Å². The lowest BCUT2D eigenvalue weighted by Crippen LogP contribution is -2.22. The van der Waals surface area contributed by atoms with Gasteiger partial charge in [-0.25, -0.2) is 0 Å². The van der Waals surface area contributed by atoms with Gasteiger partial charge in [-0.2, -0.15) is 0 Å². The lowest BCUT2D eigenvalue weighted by Gasteiger charge is -2.27. The Balaban J connectivity index is 2.00. The largest absolute Gasteiger partial charge is 0.341 e. The van der Waals surface area contributed by atoms with Crippen molar-refractivity contribution in [3.05, 3.63) is 59.7 Å². The molecule has 2 aromatic carbocycles. The molecule has 0 amide bonds. The van der Waals surface area contributed by atoms with Crippen LogP contribution in [0.1, 0.15) is 17.5 Å². The highest BCUT2D eigenvalue weighted by atomic mass is 15.1. The van der Waals surface area contributed by atoms with Crippen LogP contribution in [0.2, 0.25) is 0 Å². The molecule has 0 spiro atoms. The zero-order chi connectivity index (χ0) is 13.8. The minimum Gasteiger partial charge on any atom is -0.341 e. The number of fused-ring (bicyclic) bond motifs is 2. The molecule has 0 saturated heterocycles. The zero-order valence-electron chi connectivity index (χ0n) is 12.1. The average molecular weight is 265 g/mol. The molecule has 1 heterocycles. The minimum absolute atomic E-state index is 1.06. The van der Waals surface area contributed by atoms with E-state index in [1.165, 1.54) is 22.5 Å². The first-order chi connectivity index (χ1) is 9.90. The SMILES string of the molecule is [11CH3]NCCCN1c2ccccc2CCc2ccccc21. The number of hydrogen-bond donors (Lipinski definition) is 1. The molecule has 2 nitrogen and oxygen atoms in total. The van der Waals surface area contributed by atoms with Crippen LogP contribution < -0.4 is 10.2 Å². The summed E-state index contributed by atoms with van der Waals surface area (Å²) in [5, 5.41) is 3.24. The van der Waals surface area contributed by atoms with Gasteiger partial charge < -0.3 is 10.2 Å². The molecule has 0 atom stereocenters. The smallest absolute Gasteiger partial charge is 0.0443 e. The van der Waals surface area contributed by atoms with Gasteiger partial charge in [0, 0.05) is 17.9 Å². The van der Waals surface area contributed by atoms with E-state index in [9.17, 15) is 0 Å². The lowest BCUT2D eigenvalue weighted by molar-refractivity contribution is 0.723. The number of rotatable bonds is 4. The second-order valence-electron chi connectivity index (χ2n) is 5.37. The highest BCUT2D eigenvalue weighted by Gasteiger charge is 2.19. The van der Waals surface area contributed by atoms with Gasteiger partial charge in [-0.15, -0.1) is 0 Å². The van der Waals surface area contributed by atoms with E-state index < -0.39 is 0 Å². The van der Waals surface area contributed by atoms with E-state index in [0.717, 1.165) is 32.4 Å². The molecule has 20 heavy (non-hydrogen) atoms. The Morgan fingerprint density at radius 2 is 1.45 bits per heavy atom. The van der Waals surface area contributed by atoms with Crippen LogP contribution in [-0.4, -0.2) is 20.1 Å². The van der Waals surface area contributed by atoms with Gasteiger partial charge in [0.1, 0.15) is 0 Å². The summed E-state index contributed by atoms with van der Waals surface area (Å²) in [7, 11) is 2.02. The number of nitrogens with zero attached hydrogens (tertiary/aromatic N) is 1. The summed E-state index contributed by atoms with van der Waals surface area (Å²) in [6.45, 7) is 2.12. The maximum Gasteiger partial charge on any atom is 0.0443 e. The van der Waals surface area contributed by atoms with Gasteiger partial charge in [0.05, 0.1) is 0 Å². The molecule has 0 radical (unpaired) electrons. The molecule has 2 aromatic rings. The van der Waals surface area contributed by atoms with E-state index in [-0.39, 0.29) is 0 Å². The molecule has 0 aliphatic carbocycles. The van der Waals surface area contributed by atoms with Gasteiger partial charge in [0.25, 0.3) is 0 Å². The van der Waals surface area contributed by atoms with Crippen molar-refractivity contribution in [1.29, 1.82) is 0 Å². The Morgan fingerprint density at radius 1 is 0.900 bits per heavy atom. The van der Waals surface area contributed by atoms with Crippen LogP contribution in [-0.2, 0) is 12.8 Å². The summed E-state index contributed by atoms with van der Waals surface area (Å²) in [6.07, 6.45) is 3.42. The van der Waals surface area contributed by atoms with Gasteiger partial charge in [0.15, 0.2) is 0 Å². The van der Waals surface area contributed by atoms with Crippen LogP contribution in [0.4, 0.5) is 11.4 Å².